The Morgan fingerprint density at radius 1 is 1.40 bits per heavy atom. The van der Waals surface area contributed by atoms with Gasteiger partial charge in [-0.1, -0.05) is 30.3 Å². The molecule has 3 nitrogen and oxygen atoms in total. The fraction of sp³-hybridized carbons (Fsp3) is 0.417. The molecule has 1 aliphatic rings. The van der Waals surface area contributed by atoms with Crippen LogP contribution in [0, 0.1) is 0 Å². The maximum absolute atomic E-state index is 11.6. The van der Waals surface area contributed by atoms with Crippen molar-refractivity contribution in [1.29, 1.82) is 0 Å². The van der Waals surface area contributed by atoms with Gasteiger partial charge in [0.25, 0.3) is 0 Å². The third-order valence-corrected chi connectivity index (χ3v) is 2.50. The average Bonchev–Trinajstić information content (AvgIpc) is 2.71. The molecule has 1 atom stereocenters. The molecule has 1 saturated heterocycles. The normalized spacial score (nSPS) is 20.1. The maximum atomic E-state index is 11.6. The molecule has 80 valence electrons. The fourth-order valence-corrected chi connectivity index (χ4v) is 1.71. The highest BCUT2D eigenvalue weighted by atomic mass is 16.5. The van der Waals surface area contributed by atoms with Crippen LogP contribution < -0.4 is 5.32 Å². The molecule has 0 aromatic heterocycles. The van der Waals surface area contributed by atoms with Crippen LogP contribution in [-0.2, 0) is 16.0 Å². The zero-order valence-electron chi connectivity index (χ0n) is 8.61. The van der Waals surface area contributed by atoms with Crippen molar-refractivity contribution in [3.05, 3.63) is 35.9 Å². The Balaban J connectivity index is 1.82. The van der Waals surface area contributed by atoms with Crippen molar-refractivity contribution >= 4 is 5.91 Å². The molecule has 1 fully saturated rings. The Bertz CT molecular complexity index is 318. The summed E-state index contributed by atoms with van der Waals surface area (Å²) in [6.45, 7) is 1.41. The number of ether oxygens (including phenoxy) is 1. The van der Waals surface area contributed by atoms with Crippen molar-refractivity contribution in [3.8, 4) is 0 Å². The number of rotatable bonds is 3. The summed E-state index contributed by atoms with van der Waals surface area (Å²) >= 11 is 0. The predicted molar refractivity (Wildman–Crippen MR) is 57.5 cm³/mol. The number of hydrogen-bond acceptors (Lipinski definition) is 2. The van der Waals surface area contributed by atoms with Crippen molar-refractivity contribution in [2.75, 3.05) is 13.2 Å². The van der Waals surface area contributed by atoms with E-state index in [1.807, 2.05) is 30.3 Å². The molecule has 1 aliphatic heterocycles. The lowest BCUT2D eigenvalue weighted by Gasteiger charge is -2.10. The van der Waals surface area contributed by atoms with Gasteiger partial charge in [-0.2, -0.15) is 0 Å². The topological polar surface area (TPSA) is 38.3 Å². The molecule has 1 amide bonds. The second kappa shape index (κ2) is 4.94. The highest BCUT2D eigenvalue weighted by Gasteiger charge is 2.17. The maximum Gasteiger partial charge on any atom is 0.224 e. The van der Waals surface area contributed by atoms with E-state index in [-0.39, 0.29) is 11.9 Å². The van der Waals surface area contributed by atoms with Gasteiger partial charge in [-0.3, -0.25) is 4.79 Å². The molecule has 0 radical (unpaired) electrons. The molecular formula is C12H15NO2. The van der Waals surface area contributed by atoms with Gasteiger partial charge in [-0.05, 0) is 12.0 Å². The summed E-state index contributed by atoms with van der Waals surface area (Å²) in [6.07, 6.45) is 1.39. The number of carbonyl (C=O) groups excluding carboxylic acids is 1. The highest BCUT2D eigenvalue weighted by molar-refractivity contribution is 5.78. The second-order valence-corrected chi connectivity index (χ2v) is 3.79. The Morgan fingerprint density at radius 2 is 2.20 bits per heavy atom. The summed E-state index contributed by atoms with van der Waals surface area (Å²) in [7, 11) is 0. The zero-order chi connectivity index (χ0) is 10.5. The third kappa shape index (κ3) is 3.06. The van der Waals surface area contributed by atoms with E-state index in [4.69, 9.17) is 4.74 Å². The van der Waals surface area contributed by atoms with Gasteiger partial charge in [0.05, 0.1) is 19.1 Å². The van der Waals surface area contributed by atoms with E-state index in [0.717, 1.165) is 18.6 Å². The van der Waals surface area contributed by atoms with E-state index < -0.39 is 0 Å². The molecule has 1 N–H and O–H groups in total. The Kier molecular flexibility index (Phi) is 3.35. The first-order chi connectivity index (χ1) is 7.34. The van der Waals surface area contributed by atoms with Gasteiger partial charge in [-0.15, -0.1) is 0 Å². The van der Waals surface area contributed by atoms with Gasteiger partial charge in [-0.25, -0.2) is 0 Å². The molecule has 3 heteroatoms. The van der Waals surface area contributed by atoms with Crippen molar-refractivity contribution in [1.82, 2.24) is 5.32 Å². The van der Waals surface area contributed by atoms with Crippen LogP contribution in [0.4, 0.5) is 0 Å². The molecule has 0 spiro atoms. The van der Waals surface area contributed by atoms with E-state index in [1.54, 1.807) is 0 Å². The van der Waals surface area contributed by atoms with Crippen LogP contribution in [0.15, 0.2) is 30.3 Å². The Labute approximate surface area is 89.4 Å². The van der Waals surface area contributed by atoms with Crippen LogP contribution in [-0.4, -0.2) is 25.2 Å². The minimum absolute atomic E-state index is 0.0803. The van der Waals surface area contributed by atoms with Crippen LogP contribution in [0.25, 0.3) is 0 Å². The van der Waals surface area contributed by atoms with E-state index in [2.05, 4.69) is 5.32 Å². The van der Waals surface area contributed by atoms with Crippen molar-refractivity contribution < 1.29 is 9.53 Å². The van der Waals surface area contributed by atoms with E-state index >= 15 is 0 Å². The van der Waals surface area contributed by atoms with Crippen LogP contribution in [0.3, 0.4) is 0 Å². The fourth-order valence-electron chi connectivity index (χ4n) is 1.71. The smallest absolute Gasteiger partial charge is 0.224 e. The monoisotopic (exact) mass is 205 g/mol. The molecule has 0 saturated carbocycles. The quantitative estimate of drug-likeness (QED) is 0.803. The average molecular weight is 205 g/mol. The number of benzene rings is 1. The first kappa shape index (κ1) is 10.2. The number of amides is 1. The minimum Gasteiger partial charge on any atom is -0.379 e. The SMILES string of the molecule is O=C(Cc1ccccc1)NC1CCOC1. The van der Waals surface area contributed by atoms with Gasteiger partial charge in [0, 0.05) is 6.61 Å². The number of nitrogens with one attached hydrogen (secondary N) is 1. The molecule has 1 heterocycles. The van der Waals surface area contributed by atoms with Crippen LogP contribution in [0.5, 0.6) is 0 Å². The Hall–Kier alpha value is -1.35. The molecule has 0 aliphatic carbocycles. The van der Waals surface area contributed by atoms with Crippen LogP contribution >= 0.6 is 0 Å². The van der Waals surface area contributed by atoms with Crippen LogP contribution in [0.2, 0.25) is 0 Å². The van der Waals surface area contributed by atoms with Gasteiger partial charge in [0.15, 0.2) is 0 Å². The lowest BCUT2D eigenvalue weighted by atomic mass is 10.1. The highest BCUT2D eigenvalue weighted by Crippen LogP contribution is 2.04. The van der Waals surface area contributed by atoms with E-state index in [9.17, 15) is 4.79 Å². The first-order valence-corrected chi connectivity index (χ1v) is 5.25. The van der Waals surface area contributed by atoms with Gasteiger partial charge < -0.3 is 10.1 Å². The largest absolute Gasteiger partial charge is 0.379 e. The van der Waals surface area contributed by atoms with Crippen molar-refractivity contribution in [2.24, 2.45) is 0 Å². The van der Waals surface area contributed by atoms with Gasteiger partial charge in [0.2, 0.25) is 5.91 Å². The molecule has 1 unspecified atom stereocenters. The molecule has 2 rings (SSSR count). The molecule has 1 aromatic carbocycles. The summed E-state index contributed by atoms with van der Waals surface area (Å²) in [5.74, 6) is 0.0803. The van der Waals surface area contributed by atoms with E-state index in [0.29, 0.717) is 13.0 Å². The van der Waals surface area contributed by atoms with Crippen LogP contribution in [0.1, 0.15) is 12.0 Å². The third-order valence-electron chi connectivity index (χ3n) is 2.50. The molecular weight excluding hydrogens is 190 g/mol. The van der Waals surface area contributed by atoms with Crippen molar-refractivity contribution in [3.63, 3.8) is 0 Å². The first-order valence-electron chi connectivity index (χ1n) is 5.25. The summed E-state index contributed by atoms with van der Waals surface area (Å²) in [5.41, 5.74) is 1.05. The predicted octanol–water partition coefficient (Wildman–Crippen LogP) is 1.13. The summed E-state index contributed by atoms with van der Waals surface area (Å²) in [5, 5.41) is 2.96. The lowest BCUT2D eigenvalue weighted by molar-refractivity contribution is -0.121. The van der Waals surface area contributed by atoms with Crippen molar-refractivity contribution in [2.45, 2.75) is 18.9 Å². The minimum atomic E-state index is 0.0803. The number of carbonyl (C=O) groups is 1. The van der Waals surface area contributed by atoms with Gasteiger partial charge >= 0.3 is 0 Å². The molecule has 15 heavy (non-hydrogen) atoms. The summed E-state index contributed by atoms with van der Waals surface area (Å²) in [4.78, 5) is 11.6. The Morgan fingerprint density at radius 3 is 2.87 bits per heavy atom. The zero-order valence-corrected chi connectivity index (χ0v) is 8.61. The number of hydrogen-bond donors (Lipinski definition) is 1. The molecule has 0 bridgehead atoms. The second-order valence-electron chi connectivity index (χ2n) is 3.79. The lowest BCUT2D eigenvalue weighted by Crippen LogP contribution is -2.35. The summed E-state index contributed by atoms with van der Waals surface area (Å²) < 4.78 is 5.19. The standard InChI is InChI=1S/C12H15NO2/c14-12(13-11-6-7-15-9-11)8-10-4-2-1-3-5-10/h1-5,11H,6-9H2,(H,13,14). The molecule has 1 aromatic rings. The van der Waals surface area contributed by atoms with Gasteiger partial charge in [0.1, 0.15) is 0 Å². The summed E-state index contributed by atoms with van der Waals surface area (Å²) in [6, 6.07) is 9.98. The van der Waals surface area contributed by atoms with E-state index in [1.165, 1.54) is 0 Å².